The van der Waals surface area contributed by atoms with E-state index in [4.69, 9.17) is 4.98 Å². The Morgan fingerprint density at radius 2 is 1.76 bits per heavy atom. The summed E-state index contributed by atoms with van der Waals surface area (Å²) in [6, 6.07) is 25.1. The van der Waals surface area contributed by atoms with Gasteiger partial charge in [0.05, 0.1) is 27.9 Å². The highest BCUT2D eigenvalue weighted by molar-refractivity contribution is 8.00. The zero-order valence-corrected chi connectivity index (χ0v) is 19.2. The molecule has 166 valence electrons. The number of aryl methyl sites for hydroxylation is 1. The van der Waals surface area contributed by atoms with E-state index in [-0.39, 0.29) is 17.5 Å². The minimum absolute atomic E-state index is 0.0198. The lowest BCUT2D eigenvalue weighted by Gasteiger charge is -2.27. The van der Waals surface area contributed by atoms with Crippen LogP contribution in [0.25, 0.3) is 16.6 Å². The van der Waals surface area contributed by atoms with Gasteiger partial charge in [-0.1, -0.05) is 66.4 Å². The number of fused-ring (bicyclic) bond motifs is 2. The number of hydrogen-bond acceptors (Lipinski definition) is 4. The van der Waals surface area contributed by atoms with Crippen LogP contribution in [-0.2, 0) is 11.2 Å². The molecule has 0 spiro atoms. The molecule has 0 saturated heterocycles. The normalized spacial score (nSPS) is 16.2. The molecule has 0 radical (unpaired) electrons. The second kappa shape index (κ2) is 9.24. The zero-order valence-electron chi connectivity index (χ0n) is 18.4. The molecule has 1 aliphatic carbocycles. The smallest absolute Gasteiger partial charge is 0.266 e. The summed E-state index contributed by atoms with van der Waals surface area (Å²) in [5, 5.41) is 3.88. The van der Waals surface area contributed by atoms with Crippen LogP contribution < -0.4 is 10.9 Å². The third-order valence-corrected chi connectivity index (χ3v) is 7.15. The van der Waals surface area contributed by atoms with E-state index in [0.29, 0.717) is 16.1 Å². The first-order chi connectivity index (χ1) is 16.1. The summed E-state index contributed by atoms with van der Waals surface area (Å²) in [6.07, 6.45) is 3.05. The minimum Gasteiger partial charge on any atom is -0.348 e. The Labute approximate surface area is 196 Å². The number of carbonyl (C=O) groups excluding carboxylic acids is 1. The molecule has 0 aliphatic heterocycles. The molecule has 1 aromatic heterocycles. The quantitative estimate of drug-likeness (QED) is 0.337. The molecule has 6 heteroatoms. The number of thioether (sulfide) groups is 1. The summed E-state index contributed by atoms with van der Waals surface area (Å²) in [5.41, 5.74) is 3.74. The van der Waals surface area contributed by atoms with Gasteiger partial charge in [-0.3, -0.25) is 14.2 Å². The van der Waals surface area contributed by atoms with Crippen molar-refractivity contribution in [3.8, 4) is 5.69 Å². The molecule has 5 nitrogen and oxygen atoms in total. The fourth-order valence-electron chi connectivity index (χ4n) is 4.40. The molecular formula is C27H25N3O2S. The second-order valence-electron chi connectivity index (χ2n) is 8.30. The van der Waals surface area contributed by atoms with Gasteiger partial charge in [0.15, 0.2) is 5.16 Å². The van der Waals surface area contributed by atoms with Crippen LogP contribution in [0.4, 0.5) is 0 Å². The van der Waals surface area contributed by atoms with E-state index in [1.54, 1.807) is 10.6 Å². The molecule has 4 aromatic rings. The lowest BCUT2D eigenvalue weighted by Crippen LogP contribution is -2.36. The van der Waals surface area contributed by atoms with Gasteiger partial charge in [0, 0.05) is 0 Å². The van der Waals surface area contributed by atoms with Gasteiger partial charge in [-0.25, -0.2) is 4.98 Å². The van der Waals surface area contributed by atoms with Crippen molar-refractivity contribution in [2.75, 3.05) is 0 Å². The lowest BCUT2D eigenvalue weighted by molar-refractivity contribution is -0.121. The van der Waals surface area contributed by atoms with E-state index in [9.17, 15) is 9.59 Å². The number of nitrogens with zero attached hydrogens (tertiary/aromatic N) is 2. The molecule has 5 rings (SSSR count). The predicted molar refractivity (Wildman–Crippen MR) is 133 cm³/mol. The maximum absolute atomic E-state index is 13.4. The van der Waals surface area contributed by atoms with E-state index in [1.807, 2.05) is 61.5 Å². The van der Waals surface area contributed by atoms with Crippen molar-refractivity contribution in [1.82, 2.24) is 14.9 Å². The van der Waals surface area contributed by atoms with Crippen LogP contribution in [0.2, 0.25) is 0 Å². The fourth-order valence-corrected chi connectivity index (χ4v) is 5.34. The molecule has 3 aromatic carbocycles. The Hall–Kier alpha value is -3.38. The highest BCUT2D eigenvalue weighted by Crippen LogP contribution is 2.31. The van der Waals surface area contributed by atoms with Crippen molar-refractivity contribution < 1.29 is 4.79 Å². The number of nitrogens with one attached hydrogen (secondary N) is 1. The number of aromatic nitrogens is 2. The molecular weight excluding hydrogens is 430 g/mol. The average Bonchev–Trinajstić information content (AvgIpc) is 2.85. The van der Waals surface area contributed by atoms with E-state index >= 15 is 0 Å². The van der Waals surface area contributed by atoms with Crippen LogP contribution in [0.5, 0.6) is 0 Å². The minimum atomic E-state index is -0.415. The van der Waals surface area contributed by atoms with Crippen molar-refractivity contribution in [3.05, 3.63) is 100 Å². The molecule has 1 aliphatic rings. The van der Waals surface area contributed by atoms with Gasteiger partial charge in [0.1, 0.15) is 0 Å². The largest absolute Gasteiger partial charge is 0.348 e. The highest BCUT2D eigenvalue weighted by Gasteiger charge is 2.25. The molecule has 0 saturated carbocycles. The molecule has 0 unspecified atom stereocenters. The standard InChI is InChI=1S/C27H25N3O2S/c1-18(25(31)28-23-17-9-11-19-10-5-6-14-21(19)23)33-27-29-24-16-8-7-15-22(24)26(32)30(27)20-12-3-2-4-13-20/h2-8,10,12-16,18,23H,9,11,17H2,1H3,(H,28,31)/t18-,23+/m1/s1. The average molecular weight is 456 g/mol. The zero-order chi connectivity index (χ0) is 22.8. The third kappa shape index (κ3) is 4.31. The lowest BCUT2D eigenvalue weighted by atomic mass is 9.88. The molecule has 0 bridgehead atoms. The summed E-state index contributed by atoms with van der Waals surface area (Å²) in [4.78, 5) is 31.3. The Morgan fingerprint density at radius 1 is 1.03 bits per heavy atom. The second-order valence-corrected chi connectivity index (χ2v) is 9.61. The van der Waals surface area contributed by atoms with E-state index in [1.165, 1.54) is 22.9 Å². The van der Waals surface area contributed by atoms with Gasteiger partial charge in [0.25, 0.3) is 5.56 Å². The van der Waals surface area contributed by atoms with E-state index < -0.39 is 5.25 Å². The first kappa shape index (κ1) is 21.5. The molecule has 1 amide bonds. The highest BCUT2D eigenvalue weighted by atomic mass is 32.2. The first-order valence-electron chi connectivity index (χ1n) is 11.2. The summed E-state index contributed by atoms with van der Waals surface area (Å²) in [5.74, 6) is -0.0521. The van der Waals surface area contributed by atoms with Crippen molar-refractivity contribution in [1.29, 1.82) is 0 Å². The van der Waals surface area contributed by atoms with Crippen LogP contribution in [0.15, 0.2) is 88.8 Å². The summed E-state index contributed by atoms with van der Waals surface area (Å²) in [6.45, 7) is 1.87. The molecule has 0 fully saturated rings. The van der Waals surface area contributed by atoms with Crippen molar-refractivity contribution >= 4 is 28.6 Å². The predicted octanol–water partition coefficient (Wildman–Crippen LogP) is 5.06. The van der Waals surface area contributed by atoms with E-state index in [0.717, 1.165) is 24.9 Å². The van der Waals surface area contributed by atoms with Crippen LogP contribution in [-0.4, -0.2) is 20.7 Å². The van der Waals surface area contributed by atoms with Crippen LogP contribution in [0.3, 0.4) is 0 Å². The number of hydrogen-bond donors (Lipinski definition) is 1. The summed E-state index contributed by atoms with van der Waals surface area (Å²) < 4.78 is 1.60. The van der Waals surface area contributed by atoms with Gasteiger partial charge in [-0.15, -0.1) is 0 Å². The summed E-state index contributed by atoms with van der Waals surface area (Å²) >= 11 is 1.31. The number of para-hydroxylation sites is 2. The van der Waals surface area contributed by atoms with Crippen LogP contribution in [0.1, 0.15) is 36.9 Å². The third-order valence-electron chi connectivity index (χ3n) is 6.10. The first-order valence-corrected chi connectivity index (χ1v) is 12.1. The maximum atomic E-state index is 13.4. The Morgan fingerprint density at radius 3 is 2.61 bits per heavy atom. The molecule has 33 heavy (non-hydrogen) atoms. The number of amides is 1. The van der Waals surface area contributed by atoms with E-state index in [2.05, 4.69) is 23.5 Å². The van der Waals surface area contributed by atoms with Gasteiger partial charge in [-0.2, -0.15) is 0 Å². The van der Waals surface area contributed by atoms with Crippen molar-refractivity contribution in [3.63, 3.8) is 0 Å². The number of rotatable bonds is 5. The molecule has 1 N–H and O–H groups in total. The monoisotopic (exact) mass is 455 g/mol. The fraction of sp³-hybridized carbons (Fsp3) is 0.222. The Balaban J connectivity index is 1.45. The van der Waals surface area contributed by atoms with Crippen molar-refractivity contribution in [2.24, 2.45) is 0 Å². The van der Waals surface area contributed by atoms with Crippen LogP contribution >= 0.6 is 11.8 Å². The summed E-state index contributed by atoms with van der Waals surface area (Å²) in [7, 11) is 0. The Kier molecular flexibility index (Phi) is 6.01. The molecule has 2 atom stereocenters. The van der Waals surface area contributed by atoms with Crippen LogP contribution in [0, 0.1) is 0 Å². The van der Waals surface area contributed by atoms with Crippen molar-refractivity contribution in [2.45, 2.75) is 42.6 Å². The topological polar surface area (TPSA) is 64.0 Å². The van der Waals surface area contributed by atoms with Gasteiger partial charge >= 0.3 is 0 Å². The number of carbonyl (C=O) groups is 1. The number of benzene rings is 3. The van der Waals surface area contributed by atoms with Gasteiger partial charge in [-0.05, 0) is 61.6 Å². The SMILES string of the molecule is C[C@@H](Sc1nc2ccccc2c(=O)n1-c1ccccc1)C(=O)N[C@H]1CCCc2ccccc21. The Bertz CT molecular complexity index is 1370. The maximum Gasteiger partial charge on any atom is 0.266 e. The van der Waals surface area contributed by atoms with Gasteiger partial charge < -0.3 is 5.32 Å². The van der Waals surface area contributed by atoms with Gasteiger partial charge in [0.2, 0.25) is 5.91 Å². The molecule has 1 heterocycles.